The molecule has 7 nitrogen and oxygen atoms in total. The number of piperidine rings is 1. The Hall–Kier alpha value is -3.35. The van der Waals surface area contributed by atoms with E-state index in [1.54, 1.807) is 16.8 Å². The first-order chi connectivity index (χ1) is 16.3. The Morgan fingerprint density at radius 3 is 2.15 bits per heavy atom. The molecule has 0 aromatic heterocycles. The van der Waals surface area contributed by atoms with E-state index in [-0.39, 0.29) is 30.2 Å². The molecule has 34 heavy (non-hydrogen) atoms. The van der Waals surface area contributed by atoms with Crippen LogP contribution in [0.15, 0.2) is 60.7 Å². The topological polar surface area (TPSA) is 64.2 Å². The SMILES string of the molecule is CC(C)C(=O)N1CCC2(CC1)C(=O)N(CC(=O)N(C)Cc1ccccc1)CN2c1ccccc1. The second-order valence-corrected chi connectivity index (χ2v) is 9.66. The summed E-state index contributed by atoms with van der Waals surface area (Å²) >= 11 is 0. The van der Waals surface area contributed by atoms with Crippen molar-refractivity contribution in [3.05, 3.63) is 66.2 Å². The summed E-state index contributed by atoms with van der Waals surface area (Å²) in [6, 6.07) is 19.7. The van der Waals surface area contributed by atoms with Gasteiger partial charge in [-0.15, -0.1) is 0 Å². The molecule has 2 aromatic rings. The van der Waals surface area contributed by atoms with Gasteiger partial charge < -0.3 is 19.6 Å². The van der Waals surface area contributed by atoms with E-state index in [1.165, 1.54) is 0 Å². The summed E-state index contributed by atoms with van der Waals surface area (Å²) in [7, 11) is 1.77. The van der Waals surface area contributed by atoms with Gasteiger partial charge in [0.2, 0.25) is 11.8 Å². The van der Waals surface area contributed by atoms with E-state index in [0.29, 0.717) is 39.1 Å². The first-order valence-corrected chi connectivity index (χ1v) is 12.0. The van der Waals surface area contributed by atoms with E-state index in [2.05, 4.69) is 4.90 Å². The van der Waals surface area contributed by atoms with Crippen LogP contribution in [0.1, 0.15) is 32.3 Å². The molecule has 4 rings (SSSR count). The maximum atomic E-state index is 13.8. The predicted octanol–water partition coefficient (Wildman–Crippen LogP) is 2.97. The van der Waals surface area contributed by atoms with Gasteiger partial charge in [0.15, 0.2) is 0 Å². The van der Waals surface area contributed by atoms with Crippen molar-refractivity contribution >= 4 is 23.4 Å². The van der Waals surface area contributed by atoms with Crippen LogP contribution in [0.4, 0.5) is 5.69 Å². The molecule has 0 radical (unpaired) electrons. The van der Waals surface area contributed by atoms with Gasteiger partial charge in [0.25, 0.3) is 5.91 Å². The largest absolute Gasteiger partial charge is 0.342 e. The van der Waals surface area contributed by atoms with Crippen LogP contribution >= 0.6 is 0 Å². The van der Waals surface area contributed by atoms with Gasteiger partial charge in [-0.1, -0.05) is 62.4 Å². The number of hydrogen-bond acceptors (Lipinski definition) is 4. The Morgan fingerprint density at radius 2 is 1.56 bits per heavy atom. The van der Waals surface area contributed by atoms with Crippen LogP contribution in [0, 0.1) is 5.92 Å². The van der Waals surface area contributed by atoms with Gasteiger partial charge in [0.05, 0.1) is 6.67 Å². The average Bonchev–Trinajstić information content (AvgIpc) is 3.11. The summed E-state index contributed by atoms with van der Waals surface area (Å²) in [4.78, 5) is 46.7. The van der Waals surface area contributed by atoms with Gasteiger partial charge in [0, 0.05) is 38.3 Å². The van der Waals surface area contributed by atoms with Gasteiger partial charge in [0.1, 0.15) is 12.1 Å². The van der Waals surface area contributed by atoms with Crippen LogP contribution in [0.25, 0.3) is 0 Å². The Morgan fingerprint density at radius 1 is 0.971 bits per heavy atom. The number of amides is 3. The number of carbonyl (C=O) groups is 3. The monoisotopic (exact) mass is 462 g/mol. The molecular weight excluding hydrogens is 428 g/mol. The first kappa shape index (κ1) is 23.8. The molecule has 2 fully saturated rings. The number of rotatable bonds is 6. The van der Waals surface area contributed by atoms with Crippen LogP contribution in [-0.2, 0) is 20.9 Å². The van der Waals surface area contributed by atoms with Gasteiger partial charge in [-0.2, -0.15) is 0 Å². The molecule has 0 bridgehead atoms. The number of likely N-dealkylation sites (tertiary alicyclic amines) is 1. The molecule has 0 aliphatic carbocycles. The van der Waals surface area contributed by atoms with Crippen LogP contribution in [0.3, 0.4) is 0 Å². The van der Waals surface area contributed by atoms with Gasteiger partial charge in [-0.25, -0.2) is 0 Å². The van der Waals surface area contributed by atoms with E-state index in [1.807, 2.05) is 79.4 Å². The van der Waals surface area contributed by atoms with Gasteiger partial charge in [-0.05, 0) is 30.5 Å². The van der Waals surface area contributed by atoms with Crippen molar-refractivity contribution < 1.29 is 14.4 Å². The quantitative estimate of drug-likeness (QED) is 0.662. The maximum Gasteiger partial charge on any atom is 0.250 e. The zero-order chi connectivity index (χ0) is 24.3. The molecule has 2 saturated heterocycles. The molecule has 0 atom stereocenters. The maximum absolute atomic E-state index is 13.8. The Labute approximate surface area is 201 Å². The molecule has 1 spiro atoms. The lowest BCUT2D eigenvalue weighted by Crippen LogP contribution is -2.57. The van der Waals surface area contributed by atoms with E-state index >= 15 is 0 Å². The van der Waals surface area contributed by atoms with Gasteiger partial charge in [-0.3, -0.25) is 14.4 Å². The number of benzene rings is 2. The molecule has 3 amide bonds. The van der Waals surface area contributed by atoms with Crippen molar-refractivity contribution in [2.24, 2.45) is 5.92 Å². The lowest BCUT2D eigenvalue weighted by molar-refractivity contribution is -0.142. The van der Waals surface area contributed by atoms with E-state index < -0.39 is 5.54 Å². The number of anilines is 1. The molecule has 2 aliphatic rings. The fourth-order valence-electron chi connectivity index (χ4n) is 5.01. The van der Waals surface area contributed by atoms with Gasteiger partial charge >= 0.3 is 0 Å². The lowest BCUT2D eigenvalue weighted by atomic mass is 9.85. The number of carbonyl (C=O) groups excluding carboxylic acids is 3. The highest BCUT2D eigenvalue weighted by Gasteiger charge is 2.54. The smallest absolute Gasteiger partial charge is 0.250 e. The number of likely N-dealkylation sites (N-methyl/N-ethyl adjacent to an activating group) is 1. The standard InChI is InChI=1S/C27H34N4O3/c1-21(2)25(33)29-16-14-27(15-17-29)26(34)30(20-31(27)23-12-8-5-9-13-23)19-24(32)28(3)18-22-10-6-4-7-11-22/h4-13,21H,14-20H2,1-3H3. The van der Waals surface area contributed by atoms with E-state index in [9.17, 15) is 14.4 Å². The van der Waals surface area contributed by atoms with Crippen molar-refractivity contribution in [2.75, 3.05) is 38.3 Å². The molecule has 2 heterocycles. The fourth-order valence-corrected chi connectivity index (χ4v) is 5.01. The van der Waals surface area contributed by atoms with Crippen LogP contribution < -0.4 is 4.90 Å². The minimum absolute atomic E-state index is 0.0190. The highest BCUT2D eigenvalue weighted by Crippen LogP contribution is 2.39. The second-order valence-electron chi connectivity index (χ2n) is 9.66. The third-order valence-corrected chi connectivity index (χ3v) is 6.99. The van der Waals surface area contributed by atoms with Crippen molar-refractivity contribution in [3.8, 4) is 0 Å². The molecule has 0 N–H and O–H groups in total. The molecule has 7 heteroatoms. The zero-order valence-electron chi connectivity index (χ0n) is 20.3. The summed E-state index contributed by atoms with van der Waals surface area (Å²) < 4.78 is 0. The van der Waals surface area contributed by atoms with Crippen molar-refractivity contribution in [1.82, 2.24) is 14.7 Å². The van der Waals surface area contributed by atoms with Crippen molar-refractivity contribution in [2.45, 2.75) is 38.8 Å². The summed E-state index contributed by atoms with van der Waals surface area (Å²) in [6.07, 6.45) is 1.12. The molecule has 0 saturated carbocycles. The minimum atomic E-state index is -0.729. The highest BCUT2D eigenvalue weighted by molar-refractivity contribution is 5.96. The van der Waals surface area contributed by atoms with E-state index in [4.69, 9.17) is 0 Å². The zero-order valence-corrected chi connectivity index (χ0v) is 20.3. The number of hydrogen-bond donors (Lipinski definition) is 0. The molecule has 180 valence electrons. The highest BCUT2D eigenvalue weighted by atomic mass is 16.2. The Balaban J connectivity index is 1.51. The third kappa shape index (κ3) is 4.65. The summed E-state index contributed by atoms with van der Waals surface area (Å²) in [6.45, 7) is 5.81. The molecular formula is C27H34N4O3. The normalized spacial score (nSPS) is 17.5. The Bertz CT molecular complexity index is 1020. The first-order valence-electron chi connectivity index (χ1n) is 12.0. The van der Waals surface area contributed by atoms with Crippen molar-refractivity contribution in [3.63, 3.8) is 0 Å². The van der Waals surface area contributed by atoms with Crippen molar-refractivity contribution in [1.29, 1.82) is 0 Å². The molecule has 2 aliphatic heterocycles. The fraction of sp³-hybridized carbons (Fsp3) is 0.444. The predicted molar refractivity (Wildman–Crippen MR) is 132 cm³/mol. The summed E-state index contributed by atoms with van der Waals surface area (Å²) in [5.74, 6) is -0.0434. The van der Waals surface area contributed by atoms with E-state index in [0.717, 1.165) is 11.3 Å². The number of nitrogens with zero attached hydrogens (tertiary/aromatic N) is 4. The second kappa shape index (κ2) is 9.87. The van der Waals surface area contributed by atoms with Crippen LogP contribution in [0.2, 0.25) is 0 Å². The summed E-state index contributed by atoms with van der Waals surface area (Å²) in [5, 5.41) is 0. The minimum Gasteiger partial charge on any atom is -0.342 e. The number of para-hydroxylation sites is 1. The van der Waals surface area contributed by atoms with Crippen LogP contribution in [0.5, 0.6) is 0 Å². The molecule has 2 aromatic carbocycles. The summed E-state index contributed by atoms with van der Waals surface area (Å²) in [5.41, 5.74) is 1.29. The van der Waals surface area contributed by atoms with Crippen LogP contribution in [-0.4, -0.2) is 71.3 Å². The molecule has 0 unspecified atom stereocenters. The average molecular weight is 463 g/mol. The third-order valence-electron chi connectivity index (χ3n) is 6.99. The Kier molecular flexibility index (Phi) is 6.91. The lowest BCUT2D eigenvalue weighted by Gasteiger charge is -2.43.